The highest BCUT2D eigenvalue weighted by molar-refractivity contribution is 5.47. The van der Waals surface area contributed by atoms with E-state index in [1.54, 1.807) is 7.11 Å². The lowest BCUT2D eigenvalue weighted by Crippen LogP contribution is -2.23. The Bertz CT molecular complexity index is 387. The predicted molar refractivity (Wildman–Crippen MR) is 62.3 cm³/mol. The molecule has 0 amide bonds. The average molecular weight is 240 g/mol. The van der Waals surface area contributed by atoms with Gasteiger partial charge in [-0.1, -0.05) is 0 Å². The molecule has 0 saturated carbocycles. The topological polar surface area (TPSA) is 45.6 Å². The molecule has 0 spiro atoms. The molecule has 1 aromatic rings. The quantitative estimate of drug-likeness (QED) is 0.858. The summed E-state index contributed by atoms with van der Waals surface area (Å²) >= 11 is 0. The monoisotopic (exact) mass is 240 g/mol. The minimum absolute atomic E-state index is 0.189. The van der Waals surface area contributed by atoms with Crippen LogP contribution in [0.25, 0.3) is 0 Å². The van der Waals surface area contributed by atoms with Crippen LogP contribution in [0, 0.1) is 11.7 Å². The Hall–Kier alpha value is -1.20. The van der Waals surface area contributed by atoms with E-state index in [1.165, 1.54) is 12.3 Å². The number of hydrogen-bond acceptors (Lipinski definition) is 4. The van der Waals surface area contributed by atoms with E-state index in [2.05, 4.69) is 9.88 Å². The van der Waals surface area contributed by atoms with Gasteiger partial charge in [0.15, 0.2) is 0 Å². The molecule has 0 aliphatic carbocycles. The molecule has 0 radical (unpaired) electrons. The van der Waals surface area contributed by atoms with E-state index in [0.717, 1.165) is 26.1 Å². The van der Waals surface area contributed by atoms with E-state index in [1.807, 2.05) is 0 Å². The number of aromatic nitrogens is 1. The van der Waals surface area contributed by atoms with Crippen LogP contribution in [0.2, 0.25) is 0 Å². The number of ether oxygens (including phenoxy) is 1. The van der Waals surface area contributed by atoms with Crippen molar-refractivity contribution in [2.24, 2.45) is 5.92 Å². The average Bonchev–Trinajstić information content (AvgIpc) is 2.78. The van der Waals surface area contributed by atoms with Crippen LogP contribution in [-0.2, 0) is 11.3 Å². The van der Waals surface area contributed by atoms with Crippen LogP contribution in [0.4, 0.5) is 10.2 Å². The van der Waals surface area contributed by atoms with Crippen molar-refractivity contribution in [2.75, 3.05) is 31.7 Å². The number of nitrogens with zero attached hydrogens (tertiary/aromatic N) is 2. The summed E-state index contributed by atoms with van der Waals surface area (Å²) < 4.78 is 18.1. The summed E-state index contributed by atoms with van der Waals surface area (Å²) in [5, 5.41) is 9.21. The van der Waals surface area contributed by atoms with E-state index in [4.69, 9.17) is 4.74 Å². The Morgan fingerprint density at radius 3 is 3.18 bits per heavy atom. The third kappa shape index (κ3) is 2.73. The molecule has 2 heterocycles. The summed E-state index contributed by atoms with van der Waals surface area (Å²) in [6.07, 6.45) is 2.23. The molecule has 2 rings (SSSR count). The van der Waals surface area contributed by atoms with Crippen molar-refractivity contribution in [3.8, 4) is 0 Å². The molecule has 1 atom stereocenters. The summed E-state index contributed by atoms with van der Waals surface area (Å²) in [6.45, 7) is 2.26. The molecule has 1 saturated heterocycles. The first-order chi connectivity index (χ1) is 8.24. The van der Waals surface area contributed by atoms with Gasteiger partial charge in [0, 0.05) is 31.7 Å². The van der Waals surface area contributed by atoms with Crippen LogP contribution in [-0.4, -0.2) is 36.9 Å². The van der Waals surface area contributed by atoms with Crippen molar-refractivity contribution in [1.82, 2.24) is 4.98 Å². The molecule has 1 aliphatic heterocycles. The van der Waals surface area contributed by atoms with Gasteiger partial charge in [-0.25, -0.2) is 9.37 Å². The number of methoxy groups -OCH3 is 1. The van der Waals surface area contributed by atoms with Crippen molar-refractivity contribution in [3.05, 3.63) is 23.6 Å². The van der Waals surface area contributed by atoms with Gasteiger partial charge in [0.2, 0.25) is 0 Å². The molecule has 4 nitrogen and oxygen atoms in total. The zero-order valence-electron chi connectivity index (χ0n) is 9.90. The van der Waals surface area contributed by atoms with Gasteiger partial charge >= 0.3 is 0 Å². The highest BCUT2D eigenvalue weighted by Crippen LogP contribution is 2.25. The van der Waals surface area contributed by atoms with Gasteiger partial charge in [-0.3, -0.25) is 0 Å². The highest BCUT2D eigenvalue weighted by atomic mass is 19.1. The van der Waals surface area contributed by atoms with Crippen LogP contribution in [0.3, 0.4) is 0 Å². The van der Waals surface area contributed by atoms with E-state index >= 15 is 0 Å². The summed E-state index contributed by atoms with van der Waals surface area (Å²) in [6, 6.07) is 1.34. The first kappa shape index (κ1) is 12.3. The smallest absolute Gasteiger partial charge is 0.142 e. The number of anilines is 1. The van der Waals surface area contributed by atoms with Crippen molar-refractivity contribution in [2.45, 2.75) is 13.0 Å². The summed E-state index contributed by atoms with van der Waals surface area (Å²) in [5.74, 6) is 0.760. The zero-order chi connectivity index (χ0) is 12.3. The normalized spacial score (nSPS) is 19.9. The molecule has 1 unspecified atom stereocenters. The Labute approximate surface area is 100 Å². The van der Waals surface area contributed by atoms with E-state index in [9.17, 15) is 9.50 Å². The fraction of sp³-hybridized carbons (Fsp3) is 0.583. The standard InChI is InChI=1S/C12H17FN2O2/c1-17-8-9-2-3-15(6-9)12-10(7-16)4-11(13)5-14-12/h4-5,9,16H,2-3,6-8H2,1H3. The Balaban J connectivity index is 2.12. The van der Waals surface area contributed by atoms with Gasteiger partial charge in [-0.2, -0.15) is 0 Å². The van der Waals surface area contributed by atoms with E-state index in [-0.39, 0.29) is 6.61 Å². The second-order valence-corrected chi connectivity index (χ2v) is 4.35. The van der Waals surface area contributed by atoms with E-state index in [0.29, 0.717) is 17.3 Å². The number of halogens is 1. The van der Waals surface area contributed by atoms with Crippen molar-refractivity contribution < 1.29 is 14.2 Å². The molecule has 1 aliphatic rings. The molecule has 1 aromatic heterocycles. The maximum atomic E-state index is 13.0. The van der Waals surface area contributed by atoms with Gasteiger partial charge in [0.25, 0.3) is 0 Å². The predicted octanol–water partition coefficient (Wildman–Crippen LogP) is 1.19. The van der Waals surface area contributed by atoms with Crippen LogP contribution >= 0.6 is 0 Å². The lowest BCUT2D eigenvalue weighted by molar-refractivity contribution is 0.161. The third-order valence-corrected chi connectivity index (χ3v) is 3.07. The zero-order valence-corrected chi connectivity index (χ0v) is 9.90. The maximum Gasteiger partial charge on any atom is 0.142 e. The molecule has 17 heavy (non-hydrogen) atoms. The van der Waals surface area contributed by atoms with Crippen molar-refractivity contribution in [1.29, 1.82) is 0 Å². The molecule has 0 bridgehead atoms. The molecule has 94 valence electrons. The number of hydrogen-bond donors (Lipinski definition) is 1. The second-order valence-electron chi connectivity index (χ2n) is 4.35. The Morgan fingerprint density at radius 2 is 2.47 bits per heavy atom. The fourth-order valence-electron chi connectivity index (χ4n) is 2.27. The number of aliphatic hydroxyl groups is 1. The first-order valence-electron chi connectivity index (χ1n) is 5.73. The lowest BCUT2D eigenvalue weighted by atomic mass is 10.1. The molecule has 0 aromatic carbocycles. The molecule has 1 N–H and O–H groups in total. The Morgan fingerprint density at radius 1 is 1.65 bits per heavy atom. The largest absolute Gasteiger partial charge is 0.392 e. The molecular formula is C12H17FN2O2. The van der Waals surface area contributed by atoms with Gasteiger partial charge in [-0.05, 0) is 12.5 Å². The maximum absolute atomic E-state index is 13.0. The van der Waals surface area contributed by atoms with Gasteiger partial charge in [0.1, 0.15) is 11.6 Å². The highest BCUT2D eigenvalue weighted by Gasteiger charge is 2.25. The number of rotatable bonds is 4. The Kier molecular flexibility index (Phi) is 3.91. The molecule has 5 heteroatoms. The summed E-state index contributed by atoms with van der Waals surface area (Å²) in [4.78, 5) is 6.15. The third-order valence-electron chi connectivity index (χ3n) is 3.07. The minimum atomic E-state index is -0.412. The second kappa shape index (κ2) is 5.42. The van der Waals surface area contributed by atoms with Gasteiger partial charge < -0.3 is 14.7 Å². The first-order valence-corrected chi connectivity index (χ1v) is 5.73. The van der Waals surface area contributed by atoms with Crippen molar-refractivity contribution >= 4 is 5.82 Å². The van der Waals surface area contributed by atoms with Crippen LogP contribution < -0.4 is 4.90 Å². The van der Waals surface area contributed by atoms with E-state index < -0.39 is 5.82 Å². The SMILES string of the molecule is COCC1CCN(c2ncc(F)cc2CO)C1. The van der Waals surface area contributed by atoms with Crippen LogP contribution in [0.5, 0.6) is 0 Å². The fourth-order valence-corrected chi connectivity index (χ4v) is 2.27. The molecular weight excluding hydrogens is 223 g/mol. The summed E-state index contributed by atoms with van der Waals surface area (Å²) in [7, 11) is 1.69. The van der Waals surface area contributed by atoms with Gasteiger partial charge in [-0.15, -0.1) is 0 Å². The molecule has 1 fully saturated rings. The van der Waals surface area contributed by atoms with Crippen molar-refractivity contribution in [3.63, 3.8) is 0 Å². The van der Waals surface area contributed by atoms with Crippen LogP contribution in [0.1, 0.15) is 12.0 Å². The number of pyridine rings is 1. The van der Waals surface area contributed by atoms with Gasteiger partial charge in [0.05, 0.1) is 19.4 Å². The van der Waals surface area contributed by atoms with Crippen LogP contribution in [0.15, 0.2) is 12.3 Å². The minimum Gasteiger partial charge on any atom is -0.392 e. The lowest BCUT2D eigenvalue weighted by Gasteiger charge is -2.20. The number of aliphatic hydroxyl groups excluding tert-OH is 1. The summed E-state index contributed by atoms with van der Waals surface area (Å²) in [5.41, 5.74) is 0.545.